The molecule has 0 bridgehead atoms. The first-order valence-corrected chi connectivity index (χ1v) is 8.98. The number of aromatic carboxylic acids is 1. The van der Waals surface area contributed by atoms with Gasteiger partial charge in [0.05, 0.1) is 12.3 Å². The fourth-order valence-electron chi connectivity index (χ4n) is 3.45. The Hall–Kier alpha value is -2.71. The van der Waals surface area contributed by atoms with Crippen molar-refractivity contribution in [2.75, 3.05) is 5.75 Å². The molecule has 4 rings (SSSR count). The number of nitrogens with one attached hydrogen (secondary N) is 1. The molecule has 0 atom stereocenters. The third-order valence-corrected chi connectivity index (χ3v) is 5.85. The number of fused-ring (bicyclic) bond motifs is 4. The molecule has 134 valence electrons. The molecule has 3 heterocycles. The number of hydrogen-bond acceptors (Lipinski definition) is 5. The van der Waals surface area contributed by atoms with Crippen molar-refractivity contribution >= 4 is 28.6 Å². The molecular formula is C18H16N2O5S. The number of aromatic nitrogens is 2. The number of aromatic hydroxyl groups is 1. The highest BCUT2D eigenvalue weighted by atomic mass is 32.2. The van der Waals surface area contributed by atoms with E-state index in [0.29, 0.717) is 23.4 Å². The van der Waals surface area contributed by atoms with Crippen LogP contribution in [-0.4, -0.2) is 36.6 Å². The molecule has 8 heteroatoms. The van der Waals surface area contributed by atoms with Gasteiger partial charge in [0.15, 0.2) is 5.56 Å². The smallest absolute Gasteiger partial charge is 0.345 e. The Morgan fingerprint density at radius 2 is 2.12 bits per heavy atom. The number of hydrogen-bond donors (Lipinski definition) is 4. The molecule has 1 aliphatic heterocycles. The molecular weight excluding hydrogens is 356 g/mol. The summed E-state index contributed by atoms with van der Waals surface area (Å²) in [4.78, 5) is 27.1. The summed E-state index contributed by atoms with van der Waals surface area (Å²) in [6.45, 7) is -0.0842. The average Bonchev–Trinajstić information content (AvgIpc) is 2.79. The van der Waals surface area contributed by atoms with E-state index in [0.717, 1.165) is 27.1 Å². The molecule has 0 aliphatic carbocycles. The van der Waals surface area contributed by atoms with Gasteiger partial charge in [0.2, 0.25) is 0 Å². The van der Waals surface area contributed by atoms with Crippen molar-refractivity contribution in [3.05, 3.63) is 45.4 Å². The van der Waals surface area contributed by atoms with Gasteiger partial charge in [0.25, 0.3) is 5.56 Å². The van der Waals surface area contributed by atoms with E-state index in [1.165, 1.54) is 0 Å². The van der Waals surface area contributed by atoms with Crippen LogP contribution in [0, 0.1) is 0 Å². The van der Waals surface area contributed by atoms with E-state index in [1.54, 1.807) is 11.8 Å². The first-order chi connectivity index (χ1) is 12.4. The number of carboxylic acids is 1. The lowest BCUT2D eigenvalue weighted by atomic mass is 9.99. The van der Waals surface area contributed by atoms with Gasteiger partial charge in [-0.15, -0.1) is 11.8 Å². The van der Waals surface area contributed by atoms with Gasteiger partial charge < -0.3 is 24.9 Å². The second-order valence-electron chi connectivity index (χ2n) is 6.19. The van der Waals surface area contributed by atoms with Gasteiger partial charge in [-0.05, 0) is 24.6 Å². The number of carboxylic acid groups (broad SMARTS) is 1. The van der Waals surface area contributed by atoms with Crippen molar-refractivity contribution in [1.29, 1.82) is 0 Å². The Bertz CT molecular complexity index is 1130. The fraction of sp³-hybridized carbons (Fsp3) is 0.222. The highest BCUT2D eigenvalue weighted by Crippen LogP contribution is 2.42. The van der Waals surface area contributed by atoms with Crippen molar-refractivity contribution in [3.63, 3.8) is 0 Å². The zero-order valence-electron chi connectivity index (χ0n) is 13.9. The van der Waals surface area contributed by atoms with Gasteiger partial charge in [-0.2, -0.15) is 0 Å². The summed E-state index contributed by atoms with van der Waals surface area (Å²) < 4.78 is 1.91. The average molecular weight is 372 g/mol. The van der Waals surface area contributed by atoms with E-state index in [1.807, 2.05) is 29.8 Å². The van der Waals surface area contributed by atoms with Gasteiger partial charge in [0, 0.05) is 45.4 Å². The monoisotopic (exact) mass is 372 g/mol. The number of pyridine rings is 1. The van der Waals surface area contributed by atoms with Crippen LogP contribution >= 0.6 is 11.8 Å². The molecule has 0 unspecified atom stereocenters. The number of benzene rings is 1. The molecule has 0 fully saturated rings. The molecule has 1 aromatic carbocycles. The Morgan fingerprint density at radius 3 is 2.81 bits per heavy atom. The summed E-state index contributed by atoms with van der Waals surface area (Å²) in [5.74, 6) is -1.27. The second kappa shape index (κ2) is 5.93. The molecule has 0 radical (unpaired) electrons. The molecule has 0 saturated carbocycles. The van der Waals surface area contributed by atoms with Gasteiger partial charge in [-0.1, -0.05) is 0 Å². The van der Waals surface area contributed by atoms with Crippen molar-refractivity contribution < 1.29 is 20.1 Å². The maximum Gasteiger partial charge on any atom is 0.345 e. The first-order valence-electron chi connectivity index (χ1n) is 8.00. The van der Waals surface area contributed by atoms with Crippen LogP contribution in [0.3, 0.4) is 0 Å². The third-order valence-electron chi connectivity index (χ3n) is 4.79. The molecule has 0 spiro atoms. The predicted molar refractivity (Wildman–Crippen MR) is 98.0 cm³/mol. The normalized spacial score (nSPS) is 13.3. The zero-order valence-corrected chi connectivity index (χ0v) is 14.7. The number of aliphatic hydroxyl groups excluding tert-OH is 1. The van der Waals surface area contributed by atoms with Crippen molar-refractivity contribution in [3.8, 4) is 17.0 Å². The van der Waals surface area contributed by atoms with Crippen LogP contribution in [0.15, 0.2) is 27.9 Å². The second-order valence-corrected chi connectivity index (χ2v) is 7.33. The molecule has 2 aromatic heterocycles. The Kier molecular flexibility index (Phi) is 3.82. The van der Waals surface area contributed by atoms with E-state index < -0.39 is 22.8 Å². The summed E-state index contributed by atoms with van der Waals surface area (Å²) >= 11 is 1.58. The Labute approximate surface area is 151 Å². The number of nitrogens with zero attached hydrogens (tertiary/aromatic N) is 1. The lowest BCUT2D eigenvalue weighted by Gasteiger charge is -2.12. The van der Waals surface area contributed by atoms with Gasteiger partial charge in [-0.25, -0.2) is 4.79 Å². The molecule has 0 amide bonds. The van der Waals surface area contributed by atoms with Crippen molar-refractivity contribution in [2.24, 2.45) is 7.05 Å². The maximum absolute atomic E-state index is 12.2. The molecule has 26 heavy (non-hydrogen) atoms. The van der Waals surface area contributed by atoms with Gasteiger partial charge in [0.1, 0.15) is 5.75 Å². The van der Waals surface area contributed by atoms with Crippen LogP contribution in [0.25, 0.3) is 22.2 Å². The molecule has 1 aliphatic rings. The Balaban J connectivity index is 2.05. The van der Waals surface area contributed by atoms with Crippen LogP contribution < -0.4 is 5.56 Å². The van der Waals surface area contributed by atoms with E-state index in [2.05, 4.69) is 4.98 Å². The van der Waals surface area contributed by atoms with Crippen molar-refractivity contribution in [2.45, 2.75) is 17.9 Å². The van der Waals surface area contributed by atoms with E-state index in [4.69, 9.17) is 0 Å². The highest BCUT2D eigenvalue weighted by Gasteiger charge is 2.26. The number of carbonyl (C=O) groups is 1. The van der Waals surface area contributed by atoms with E-state index in [-0.39, 0.29) is 6.61 Å². The van der Waals surface area contributed by atoms with Crippen LogP contribution in [0.4, 0.5) is 0 Å². The summed E-state index contributed by atoms with van der Waals surface area (Å²) in [5.41, 5.74) is 1.91. The topological polar surface area (TPSA) is 116 Å². The highest BCUT2D eigenvalue weighted by molar-refractivity contribution is 7.99. The SMILES string of the molecule is Cn1c(CO)cc2cc3c(cc21)SCCc1c-3[nH]c(=O)c(C(=O)O)c1O. The minimum atomic E-state index is -1.45. The van der Waals surface area contributed by atoms with Gasteiger partial charge in [-0.3, -0.25) is 4.79 Å². The number of rotatable bonds is 2. The summed E-state index contributed by atoms with van der Waals surface area (Å²) in [6.07, 6.45) is 0.440. The maximum atomic E-state index is 12.2. The first kappa shape index (κ1) is 16.7. The van der Waals surface area contributed by atoms with Crippen LogP contribution in [-0.2, 0) is 20.1 Å². The number of aryl methyl sites for hydroxylation is 1. The lowest BCUT2D eigenvalue weighted by Crippen LogP contribution is -2.20. The number of thioether (sulfide) groups is 1. The summed E-state index contributed by atoms with van der Waals surface area (Å²) in [5, 5.41) is 30.0. The number of H-pyrrole nitrogens is 1. The van der Waals surface area contributed by atoms with Crippen molar-refractivity contribution in [1.82, 2.24) is 9.55 Å². The molecule has 4 N–H and O–H groups in total. The van der Waals surface area contributed by atoms with Crippen LogP contribution in [0.5, 0.6) is 5.75 Å². The predicted octanol–water partition coefficient (Wildman–Crippen LogP) is 2.08. The van der Waals surface area contributed by atoms with Crippen LogP contribution in [0.1, 0.15) is 21.6 Å². The van der Waals surface area contributed by atoms with Gasteiger partial charge >= 0.3 is 5.97 Å². The zero-order chi connectivity index (χ0) is 18.6. The minimum absolute atomic E-state index is 0.0842. The Morgan fingerprint density at radius 1 is 1.35 bits per heavy atom. The molecule has 0 saturated heterocycles. The number of aliphatic hydroxyl groups is 1. The minimum Gasteiger partial charge on any atom is -0.506 e. The summed E-state index contributed by atoms with van der Waals surface area (Å²) in [6, 6.07) is 5.76. The molecule has 7 nitrogen and oxygen atoms in total. The number of aromatic amines is 1. The third kappa shape index (κ3) is 2.33. The molecule has 3 aromatic rings. The quantitative estimate of drug-likeness (QED) is 0.547. The fourth-order valence-corrected chi connectivity index (χ4v) is 4.49. The van der Waals surface area contributed by atoms with Crippen LogP contribution in [0.2, 0.25) is 0 Å². The van der Waals surface area contributed by atoms with E-state index in [9.17, 15) is 24.9 Å². The largest absolute Gasteiger partial charge is 0.506 e. The van der Waals surface area contributed by atoms with E-state index >= 15 is 0 Å². The summed E-state index contributed by atoms with van der Waals surface area (Å²) in [7, 11) is 1.88. The standard InChI is InChI=1S/C18H16N2O5S/c1-20-9(7-21)4-8-5-11-13(6-12(8)20)26-3-2-10-15(11)19-17(23)14(16(10)22)18(24)25/h4-6,21H,2-3,7H2,1H3,(H,24,25)(H2,19,22,23). The lowest BCUT2D eigenvalue weighted by molar-refractivity contribution is 0.0691.